The molecule has 146 valence electrons. The van der Waals surface area contributed by atoms with Gasteiger partial charge in [0.05, 0.1) is 16.2 Å². The van der Waals surface area contributed by atoms with Crippen LogP contribution in [-0.2, 0) is 9.59 Å². The van der Waals surface area contributed by atoms with Crippen LogP contribution in [0.1, 0.15) is 21.9 Å². The van der Waals surface area contributed by atoms with Crippen molar-refractivity contribution in [1.82, 2.24) is 10.9 Å². The highest BCUT2D eigenvalue weighted by Crippen LogP contribution is 2.35. The van der Waals surface area contributed by atoms with E-state index in [9.17, 15) is 24.5 Å². The molecule has 1 aliphatic heterocycles. The van der Waals surface area contributed by atoms with Crippen LogP contribution in [0, 0.1) is 24.0 Å². The van der Waals surface area contributed by atoms with Crippen LogP contribution in [0.3, 0.4) is 0 Å². The van der Waals surface area contributed by atoms with Gasteiger partial charge in [0.2, 0.25) is 0 Å². The largest absolute Gasteiger partial charge is 0.482 e. The van der Waals surface area contributed by atoms with Gasteiger partial charge in [-0.2, -0.15) is 0 Å². The second kappa shape index (κ2) is 7.39. The van der Waals surface area contributed by atoms with Gasteiger partial charge in [-0.1, -0.05) is 0 Å². The lowest BCUT2D eigenvalue weighted by atomic mass is 10.2. The molecule has 3 rings (SSSR count). The fourth-order valence-corrected chi connectivity index (χ4v) is 2.71. The molecule has 0 saturated carbocycles. The lowest BCUT2D eigenvalue weighted by molar-refractivity contribution is -0.384. The first-order valence-corrected chi connectivity index (χ1v) is 8.14. The first-order chi connectivity index (χ1) is 13.3. The van der Waals surface area contributed by atoms with Crippen LogP contribution < -0.4 is 20.5 Å². The summed E-state index contributed by atoms with van der Waals surface area (Å²) in [5, 5.41) is 11.0. The first kappa shape index (κ1) is 18.9. The van der Waals surface area contributed by atoms with Crippen LogP contribution in [0.15, 0.2) is 28.7 Å². The number of carbonyl (C=O) groups is 3. The van der Waals surface area contributed by atoms with E-state index in [-0.39, 0.29) is 29.3 Å². The van der Waals surface area contributed by atoms with Crippen molar-refractivity contribution in [2.75, 3.05) is 18.1 Å². The second-order valence-corrected chi connectivity index (χ2v) is 6.01. The van der Waals surface area contributed by atoms with Crippen molar-refractivity contribution < 1.29 is 28.5 Å². The number of ether oxygens (including phenoxy) is 1. The summed E-state index contributed by atoms with van der Waals surface area (Å²) in [6.45, 7) is 2.53. The van der Waals surface area contributed by atoms with E-state index in [1.165, 1.54) is 18.2 Å². The first-order valence-electron chi connectivity index (χ1n) is 8.14. The van der Waals surface area contributed by atoms with Crippen LogP contribution in [-0.4, -0.2) is 35.8 Å². The molecular formula is C17H16N4O7. The van der Waals surface area contributed by atoms with Gasteiger partial charge in [-0.3, -0.25) is 40.2 Å². The molecule has 0 spiro atoms. The molecule has 2 heterocycles. The number of benzene rings is 1. The van der Waals surface area contributed by atoms with Crippen molar-refractivity contribution >= 4 is 29.1 Å². The summed E-state index contributed by atoms with van der Waals surface area (Å²) in [6, 6.07) is 5.27. The highest BCUT2D eigenvalue weighted by atomic mass is 16.6. The van der Waals surface area contributed by atoms with E-state index in [0.717, 1.165) is 11.0 Å². The Morgan fingerprint density at radius 3 is 2.64 bits per heavy atom. The van der Waals surface area contributed by atoms with Crippen LogP contribution >= 0.6 is 0 Å². The summed E-state index contributed by atoms with van der Waals surface area (Å²) in [5.41, 5.74) is 4.56. The van der Waals surface area contributed by atoms with Gasteiger partial charge in [0.25, 0.3) is 23.4 Å². The molecule has 1 aromatic carbocycles. The number of carbonyl (C=O) groups excluding carboxylic acids is 3. The number of hydrazine groups is 1. The quantitative estimate of drug-likeness (QED) is 0.587. The van der Waals surface area contributed by atoms with Crippen molar-refractivity contribution in [3.05, 3.63) is 51.5 Å². The van der Waals surface area contributed by atoms with Gasteiger partial charge < -0.3 is 9.15 Å². The van der Waals surface area contributed by atoms with Crippen LogP contribution in [0.2, 0.25) is 0 Å². The van der Waals surface area contributed by atoms with Gasteiger partial charge >= 0.3 is 0 Å². The zero-order valence-electron chi connectivity index (χ0n) is 15.0. The number of hydrogen-bond acceptors (Lipinski definition) is 7. The number of furan rings is 1. The fourth-order valence-electron chi connectivity index (χ4n) is 2.71. The van der Waals surface area contributed by atoms with E-state index in [1.54, 1.807) is 13.8 Å². The van der Waals surface area contributed by atoms with E-state index in [2.05, 4.69) is 10.9 Å². The Labute approximate surface area is 158 Å². The number of fused-ring (bicyclic) bond motifs is 1. The number of amides is 3. The lowest BCUT2D eigenvalue weighted by Crippen LogP contribution is -2.49. The maximum Gasteiger partial charge on any atom is 0.273 e. The summed E-state index contributed by atoms with van der Waals surface area (Å²) in [7, 11) is 0. The summed E-state index contributed by atoms with van der Waals surface area (Å²) in [5.74, 6) is -0.631. The lowest BCUT2D eigenvalue weighted by Gasteiger charge is -2.28. The third kappa shape index (κ3) is 3.77. The SMILES string of the molecule is Cc1cc(C(=O)NNC(=O)CN2C(=O)COc3ccc([N+](=O)[O-])cc32)c(C)o1. The minimum Gasteiger partial charge on any atom is -0.482 e. The number of nitrogens with zero attached hydrogens (tertiary/aromatic N) is 2. The van der Waals surface area contributed by atoms with E-state index in [4.69, 9.17) is 9.15 Å². The average Bonchev–Trinajstić information content (AvgIpc) is 2.99. The Kier molecular flexibility index (Phi) is 4.98. The zero-order chi connectivity index (χ0) is 20.4. The van der Waals surface area contributed by atoms with Gasteiger partial charge in [-0.05, 0) is 26.0 Å². The molecule has 0 saturated heterocycles. The van der Waals surface area contributed by atoms with Crippen molar-refractivity contribution in [1.29, 1.82) is 0 Å². The molecule has 11 nitrogen and oxygen atoms in total. The number of aryl methyl sites for hydroxylation is 2. The second-order valence-electron chi connectivity index (χ2n) is 6.01. The summed E-state index contributed by atoms with van der Waals surface area (Å²) in [6.07, 6.45) is 0. The predicted octanol–water partition coefficient (Wildman–Crippen LogP) is 0.991. The molecule has 0 unspecified atom stereocenters. The number of nitro groups is 1. The maximum atomic E-state index is 12.2. The third-order valence-corrected chi connectivity index (χ3v) is 4.00. The molecule has 0 bridgehead atoms. The molecule has 2 aromatic rings. The number of hydrogen-bond donors (Lipinski definition) is 2. The predicted molar refractivity (Wildman–Crippen MR) is 94.7 cm³/mol. The van der Waals surface area contributed by atoms with Gasteiger partial charge in [0.15, 0.2) is 6.61 Å². The van der Waals surface area contributed by atoms with Crippen LogP contribution in [0.25, 0.3) is 0 Å². The zero-order valence-corrected chi connectivity index (χ0v) is 15.0. The van der Waals surface area contributed by atoms with Crippen molar-refractivity contribution in [2.24, 2.45) is 0 Å². The van der Waals surface area contributed by atoms with E-state index >= 15 is 0 Å². The molecule has 0 fully saturated rings. The van der Waals surface area contributed by atoms with Gasteiger partial charge in [-0.25, -0.2) is 0 Å². The summed E-state index contributed by atoms with van der Waals surface area (Å²) < 4.78 is 10.5. The highest BCUT2D eigenvalue weighted by Gasteiger charge is 2.29. The molecule has 1 aliphatic rings. The Bertz CT molecular complexity index is 982. The molecule has 0 aliphatic carbocycles. The Balaban J connectivity index is 1.69. The van der Waals surface area contributed by atoms with Gasteiger partial charge in [0.1, 0.15) is 23.8 Å². The minimum absolute atomic E-state index is 0.105. The molecule has 3 amide bonds. The normalized spacial score (nSPS) is 12.8. The molecule has 28 heavy (non-hydrogen) atoms. The van der Waals surface area contributed by atoms with Crippen molar-refractivity contribution in [2.45, 2.75) is 13.8 Å². The van der Waals surface area contributed by atoms with Crippen LogP contribution in [0.4, 0.5) is 11.4 Å². The summed E-state index contributed by atoms with van der Waals surface area (Å²) >= 11 is 0. The Morgan fingerprint density at radius 1 is 1.25 bits per heavy atom. The topological polar surface area (TPSA) is 144 Å². The Hall–Kier alpha value is -3.89. The summed E-state index contributed by atoms with van der Waals surface area (Å²) in [4.78, 5) is 47.8. The maximum absolute atomic E-state index is 12.2. The van der Waals surface area contributed by atoms with Gasteiger partial charge in [0, 0.05) is 12.1 Å². The van der Waals surface area contributed by atoms with Crippen LogP contribution in [0.5, 0.6) is 5.75 Å². The van der Waals surface area contributed by atoms with E-state index in [0.29, 0.717) is 11.5 Å². The van der Waals surface area contributed by atoms with E-state index < -0.39 is 29.2 Å². The fraction of sp³-hybridized carbons (Fsp3) is 0.235. The highest BCUT2D eigenvalue weighted by molar-refractivity contribution is 6.03. The number of nitrogens with one attached hydrogen (secondary N) is 2. The average molecular weight is 388 g/mol. The van der Waals surface area contributed by atoms with Crippen molar-refractivity contribution in [3.63, 3.8) is 0 Å². The number of rotatable bonds is 4. The number of non-ortho nitro benzene ring substituents is 1. The molecule has 0 radical (unpaired) electrons. The van der Waals surface area contributed by atoms with E-state index in [1.807, 2.05) is 0 Å². The molecule has 11 heteroatoms. The molecule has 0 atom stereocenters. The number of anilines is 1. The smallest absolute Gasteiger partial charge is 0.273 e. The van der Waals surface area contributed by atoms with Crippen molar-refractivity contribution in [3.8, 4) is 5.75 Å². The number of nitro benzene ring substituents is 1. The molecular weight excluding hydrogens is 372 g/mol. The third-order valence-electron chi connectivity index (χ3n) is 4.00. The monoisotopic (exact) mass is 388 g/mol. The van der Waals surface area contributed by atoms with Gasteiger partial charge in [-0.15, -0.1) is 0 Å². The standard InChI is InChI=1S/C17H16N4O7/c1-9-5-12(10(2)28-9)17(24)19-18-15(22)7-20-13-6-11(21(25)26)3-4-14(13)27-8-16(20)23/h3-6H,7-8H2,1-2H3,(H,18,22)(H,19,24). The molecule has 2 N–H and O–H groups in total. The minimum atomic E-state index is -0.695. The molecule has 1 aromatic heterocycles. The Morgan fingerprint density at radius 2 is 2.00 bits per heavy atom.